The molecule has 0 spiro atoms. The minimum atomic E-state index is 0.670. The molecular weight excluding hydrogens is 236 g/mol. The summed E-state index contributed by atoms with van der Waals surface area (Å²) in [7, 11) is 0. The summed E-state index contributed by atoms with van der Waals surface area (Å²) < 4.78 is 1.88. The van der Waals surface area contributed by atoms with Crippen LogP contribution in [-0.2, 0) is 6.54 Å². The summed E-state index contributed by atoms with van der Waals surface area (Å²) in [6, 6.07) is 16.0. The lowest BCUT2D eigenvalue weighted by Crippen LogP contribution is -2.05. The third-order valence-electron chi connectivity index (χ3n) is 2.79. The zero-order valence-electron chi connectivity index (χ0n) is 10.4. The minimum absolute atomic E-state index is 0.670. The molecule has 2 aromatic heterocycles. The van der Waals surface area contributed by atoms with Gasteiger partial charge in [-0.15, -0.1) is 0 Å². The summed E-state index contributed by atoms with van der Waals surface area (Å²) in [5.41, 5.74) is 1.23. The summed E-state index contributed by atoms with van der Waals surface area (Å²) in [5, 5.41) is 3.30. The average Bonchev–Trinajstić information content (AvgIpc) is 3.01. The van der Waals surface area contributed by atoms with Crippen LogP contribution in [0, 0.1) is 0 Å². The van der Waals surface area contributed by atoms with Crippen molar-refractivity contribution in [2.75, 3.05) is 5.32 Å². The van der Waals surface area contributed by atoms with E-state index in [0.717, 1.165) is 12.4 Å². The third kappa shape index (κ3) is 2.80. The molecule has 0 unspecified atom stereocenters. The van der Waals surface area contributed by atoms with E-state index < -0.39 is 0 Å². The van der Waals surface area contributed by atoms with E-state index in [9.17, 15) is 0 Å². The molecule has 0 saturated heterocycles. The quantitative estimate of drug-likeness (QED) is 0.774. The van der Waals surface area contributed by atoms with Crippen LogP contribution in [0.3, 0.4) is 0 Å². The van der Waals surface area contributed by atoms with Gasteiger partial charge in [-0.3, -0.25) is 4.57 Å². The standard InChI is InChI=1S/C15H14N4/c1-2-6-13(7-3-1)12-17-14-8-9-16-15(18-14)19-10-4-5-11-19/h1-11H,12H2,(H,16,17,18). The number of rotatable bonds is 4. The minimum Gasteiger partial charge on any atom is -0.366 e. The Labute approximate surface area is 111 Å². The number of hydrogen-bond donors (Lipinski definition) is 1. The van der Waals surface area contributed by atoms with Crippen molar-refractivity contribution in [2.45, 2.75) is 6.54 Å². The van der Waals surface area contributed by atoms with Gasteiger partial charge in [-0.2, -0.15) is 4.98 Å². The van der Waals surface area contributed by atoms with Crippen LogP contribution in [0.5, 0.6) is 0 Å². The fourth-order valence-corrected chi connectivity index (χ4v) is 1.83. The van der Waals surface area contributed by atoms with Gasteiger partial charge in [0.05, 0.1) is 0 Å². The topological polar surface area (TPSA) is 42.7 Å². The lowest BCUT2D eigenvalue weighted by molar-refractivity contribution is 0.930. The van der Waals surface area contributed by atoms with Crippen LogP contribution >= 0.6 is 0 Å². The maximum atomic E-state index is 4.47. The van der Waals surface area contributed by atoms with Crippen molar-refractivity contribution >= 4 is 5.82 Å². The van der Waals surface area contributed by atoms with E-state index in [2.05, 4.69) is 27.4 Å². The maximum Gasteiger partial charge on any atom is 0.235 e. The third-order valence-corrected chi connectivity index (χ3v) is 2.79. The highest BCUT2D eigenvalue weighted by atomic mass is 15.2. The monoisotopic (exact) mass is 250 g/mol. The first-order valence-electron chi connectivity index (χ1n) is 6.16. The summed E-state index contributed by atoms with van der Waals surface area (Å²) >= 11 is 0. The van der Waals surface area contributed by atoms with Crippen LogP contribution in [-0.4, -0.2) is 14.5 Å². The highest BCUT2D eigenvalue weighted by Gasteiger charge is 2.00. The van der Waals surface area contributed by atoms with Crippen molar-refractivity contribution in [2.24, 2.45) is 0 Å². The van der Waals surface area contributed by atoms with Crippen LogP contribution < -0.4 is 5.32 Å². The average molecular weight is 250 g/mol. The predicted molar refractivity (Wildman–Crippen MR) is 75.1 cm³/mol. The molecule has 4 nitrogen and oxygen atoms in total. The number of aromatic nitrogens is 3. The van der Waals surface area contributed by atoms with Crippen LogP contribution in [0.1, 0.15) is 5.56 Å². The van der Waals surface area contributed by atoms with Crippen molar-refractivity contribution in [3.05, 3.63) is 72.7 Å². The summed E-state index contributed by atoms with van der Waals surface area (Å²) in [6.07, 6.45) is 5.61. The highest BCUT2D eigenvalue weighted by molar-refractivity contribution is 5.37. The maximum absolute atomic E-state index is 4.47. The molecule has 0 saturated carbocycles. The van der Waals surface area contributed by atoms with E-state index in [1.165, 1.54) is 5.56 Å². The zero-order valence-corrected chi connectivity index (χ0v) is 10.4. The lowest BCUT2D eigenvalue weighted by Gasteiger charge is -2.07. The summed E-state index contributed by atoms with van der Waals surface area (Å²) in [6.45, 7) is 0.753. The smallest absolute Gasteiger partial charge is 0.235 e. The molecule has 3 rings (SSSR count). The first-order chi connectivity index (χ1) is 9.42. The van der Waals surface area contributed by atoms with Crippen LogP contribution in [0.2, 0.25) is 0 Å². The second-order valence-corrected chi connectivity index (χ2v) is 4.17. The Hall–Kier alpha value is -2.62. The first kappa shape index (κ1) is 11.5. The Bertz CT molecular complexity index is 632. The van der Waals surface area contributed by atoms with E-state index >= 15 is 0 Å². The molecule has 2 heterocycles. The molecule has 0 atom stereocenters. The Morgan fingerprint density at radius 1 is 0.947 bits per heavy atom. The van der Waals surface area contributed by atoms with Gasteiger partial charge in [0, 0.05) is 25.1 Å². The fourth-order valence-electron chi connectivity index (χ4n) is 1.83. The van der Waals surface area contributed by atoms with Gasteiger partial charge in [0.1, 0.15) is 5.82 Å². The predicted octanol–water partition coefficient (Wildman–Crippen LogP) is 2.88. The molecule has 0 amide bonds. The Morgan fingerprint density at radius 2 is 1.74 bits per heavy atom. The molecule has 0 aliphatic carbocycles. The summed E-state index contributed by atoms with van der Waals surface area (Å²) in [5.74, 6) is 1.49. The van der Waals surface area contributed by atoms with Gasteiger partial charge in [-0.25, -0.2) is 4.98 Å². The molecule has 0 radical (unpaired) electrons. The zero-order chi connectivity index (χ0) is 12.9. The van der Waals surface area contributed by atoms with Gasteiger partial charge in [0.2, 0.25) is 5.95 Å². The van der Waals surface area contributed by atoms with E-state index in [4.69, 9.17) is 0 Å². The molecule has 3 aromatic rings. The second-order valence-electron chi connectivity index (χ2n) is 4.17. The molecule has 19 heavy (non-hydrogen) atoms. The molecule has 1 aromatic carbocycles. The van der Waals surface area contributed by atoms with Crippen molar-refractivity contribution in [3.63, 3.8) is 0 Å². The van der Waals surface area contributed by atoms with Crippen molar-refractivity contribution < 1.29 is 0 Å². The highest BCUT2D eigenvalue weighted by Crippen LogP contribution is 2.08. The van der Waals surface area contributed by atoms with Crippen molar-refractivity contribution in [3.8, 4) is 5.95 Å². The Kier molecular flexibility index (Phi) is 3.23. The number of hydrogen-bond acceptors (Lipinski definition) is 3. The molecule has 94 valence electrons. The van der Waals surface area contributed by atoms with Crippen LogP contribution in [0.25, 0.3) is 5.95 Å². The van der Waals surface area contributed by atoms with Gasteiger partial charge >= 0.3 is 0 Å². The van der Waals surface area contributed by atoms with Gasteiger partial charge in [0.25, 0.3) is 0 Å². The number of nitrogens with one attached hydrogen (secondary N) is 1. The number of anilines is 1. The molecule has 0 fully saturated rings. The molecule has 1 N–H and O–H groups in total. The van der Waals surface area contributed by atoms with Gasteiger partial charge < -0.3 is 5.32 Å². The summed E-state index contributed by atoms with van der Waals surface area (Å²) in [4.78, 5) is 8.72. The van der Waals surface area contributed by atoms with Gasteiger partial charge in [-0.1, -0.05) is 30.3 Å². The van der Waals surface area contributed by atoms with Crippen LogP contribution in [0.4, 0.5) is 5.82 Å². The number of nitrogens with zero attached hydrogens (tertiary/aromatic N) is 3. The largest absolute Gasteiger partial charge is 0.366 e. The SMILES string of the molecule is c1ccc(CNc2ccnc(-n3cccc3)n2)cc1. The molecule has 4 heteroatoms. The van der Waals surface area contributed by atoms with Crippen LogP contribution in [0.15, 0.2) is 67.1 Å². The van der Waals surface area contributed by atoms with Crippen molar-refractivity contribution in [1.29, 1.82) is 0 Å². The first-order valence-corrected chi connectivity index (χ1v) is 6.16. The van der Waals surface area contributed by atoms with E-state index in [1.54, 1.807) is 6.20 Å². The van der Waals surface area contributed by atoms with Gasteiger partial charge in [0.15, 0.2) is 0 Å². The molecule has 0 aliphatic heterocycles. The molecule has 0 aliphatic rings. The fraction of sp³-hybridized carbons (Fsp3) is 0.0667. The Morgan fingerprint density at radius 3 is 2.53 bits per heavy atom. The lowest BCUT2D eigenvalue weighted by atomic mass is 10.2. The van der Waals surface area contributed by atoms with Crippen molar-refractivity contribution in [1.82, 2.24) is 14.5 Å². The second kappa shape index (κ2) is 5.35. The van der Waals surface area contributed by atoms with E-state index in [1.807, 2.05) is 53.4 Å². The Balaban J connectivity index is 1.74. The number of benzene rings is 1. The van der Waals surface area contributed by atoms with Gasteiger partial charge in [-0.05, 0) is 23.8 Å². The normalized spacial score (nSPS) is 10.3. The molecule has 0 bridgehead atoms. The van der Waals surface area contributed by atoms with E-state index in [0.29, 0.717) is 5.95 Å². The molecular formula is C15H14N4. The van der Waals surface area contributed by atoms with E-state index in [-0.39, 0.29) is 0 Å².